The van der Waals surface area contributed by atoms with Crippen LogP contribution in [0.25, 0.3) is 6.08 Å². The van der Waals surface area contributed by atoms with E-state index in [9.17, 15) is 9.18 Å². The lowest BCUT2D eigenvalue weighted by molar-refractivity contribution is -0.113. The van der Waals surface area contributed by atoms with Gasteiger partial charge in [-0.1, -0.05) is 18.2 Å². The van der Waals surface area contributed by atoms with E-state index in [1.165, 1.54) is 25.3 Å². The Morgan fingerprint density at radius 1 is 1.18 bits per heavy atom. The quantitative estimate of drug-likeness (QED) is 0.834. The first-order valence-electron chi connectivity index (χ1n) is 6.61. The predicted molar refractivity (Wildman–Crippen MR) is 82.0 cm³/mol. The van der Waals surface area contributed by atoms with Crippen molar-refractivity contribution < 1.29 is 18.7 Å². The number of hydrogen-bond acceptors (Lipinski definition) is 3. The number of methoxy groups -OCH3 is 1. The monoisotopic (exact) mass is 301 g/mol. The molecular weight excluding hydrogens is 285 g/mol. The highest BCUT2D eigenvalue weighted by Crippen LogP contribution is 2.29. The first-order chi connectivity index (χ1) is 10.6. The molecule has 0 bridgehead atoms. The lowest BCUT2D eigenvalue weighted by Gasteiger charge is -2.11. The van der Waals surface area contributed by atoms with Crippen molar-refractivity contribution >= 4 is 12.0 Å². The standard InChI is InChI=1S/C17H16FNO3/c1-21-16-10-12(5-9-17(19)20)4-8-15(16)22-11-13-2-6-14(18)7-3-13/h2-10H,11H2,1H3,(H2,19,20)/b9-5+. The molecule has 4 nitrogen and oxygen atoms in total. The Hall–Kier alpha value is -2.82. The lowest BCUT2D eigenvalue weighted by atomic mass is 10.2. The van der Waals surface area contributed by atoms with E-state index in [0.717, 1.165) is 11.1 Å². The van der Waals surface area contributed by atoms with E-state index in [1.807, 2.05) is 0 Å². The van der Waals surface area contributed by atoms with Crippen molar-refractivity contribution in [2.75, 3.05) is 7.11 Å². The van der Waals surface area contributed by atoms with Crippen LogP contribution in [0.3, 0.4) is 0 Å². The number of benzene rings is 2. The van der Waals surface area contributed by atoms with Gasteiger partial charge in [0, 0.05) is 6.08 Å². The number of primary amides is 1. The number of carbonyl (C=O) groups excluding carboxylic acids is 1. The largest absolute Gasteiger partial charge is 0.493 e. The molecule has 114 valence electrons. The maximum absolute atomic E-state index is 12.8. The Labute approximate surface area is 128 Å². The van der Waals surface area contributed by atoms with Gasteiger partial charge in [-0.3, -0.25) is 4.79 Å². The number of ether oxygens (including phenoxy) is 2. The molecule has 2 N–H and O–H groups in total. The Morgan fingerprint density at radius 2 is 1.91 bits per heavy atom. The molecule has 0 unspecified atom stereocenters. The normalized spacial score (nSPS) is 10.6. The average Bonchev–Trinajstić information content (AvgIpc) is 2.52. The predicted octanol–water partition coefficient (Wildman–Crippen LogP) is 2.91. The Kier molecular flexibility index (Phi) is 5.14. The van der Waals surface area contributed by atoms with E-state index in [0.29, 0.717) is 18.1 Å². The molecule has 0 aliphatic carbocycles. The fourth-order valence-corrected chi connectivity index (χ4v) is 1.83. The van der Waals surface area contributed by atoms with E-state index < -0.39 is 5.91 Å². The highest BCUT2D eigenvalue weighted by atomic mass is 19.1. The van der Waals surface area contributed by atoms with Crippen molar-refractivity contribution in [2.45, 2.75) is 6.61 Å². The van der Waals surface area contributed by atoms with Gasteiger partial charge in [0.1, 0.15) is 12.4 Å². The third-order valence-corrected chi connectivity index (χ3v) is 2.94. The second-order valence-electron chi connectivity index (χ2n) is 4.56. The van der Waals surface area contributed by atoms with Gasteiger partial charge in [0.05, 0.1) is 7.11 Å². The first kappa shape index (κ1) is 15.6. The summed E-state index contributed by atoms with van der Waals surface area (Å²) in [6, 6.07) is 11.3. The zero-order valence-corrected chi connectivity index (χ0v) is 12.1. The Morgan fingerprint density at radius 3 is 2.55 bits per heavy atom. The topological polar surface area (TPSA) is 61.5 Å². The maximum Gasteiger partial charge on any atom is 0.241 e. The number of halogens is 1. The van der Waals surface area contributed by atoms with Crippen molar-refractivity contribution in [3.63, 3.8) is 0 Å². The molecule has 5 heteroatoms. The minimum Gasteiger partial charge on any atom is -0.493 e. The summed E-state index contributed by atoms with van der Waals surface area (Å²) in [5.41, 5.74) is 6.67. The van der Waals surface area contributed by atoms with Crippen LogP contribution in [-0.4, -0.2) is 13.0 Å². The lowest BCUT2D eigenvalue weighted by Crippen LogP contribution is -2.05. The molecule has 0 saturated heterocycles. The van der Waals surface area contributed by atoms with Gasteiger partial charge >= 0.3 is 0 Å². The van der Waals surface area contributed by atoms with Crippen molar-refractivity contribution in [1.29, 1.82) is 0 Å². The summed E-state index contributed by atoms with van der Waals surface area (Å²) in [6.45, 7) is 0.299. The zero-order chi connectivity index (χ0) is 15.9. The van der Waals surface area contributed by atoms with E-state index in [1.54, 1.807) is 36.4 Å². The van der Waals surface area contributed by atoms with Gasteiger partial charge < -0.3 is 15.2 Å². The third-order valence-electron chi connectivity index (χ3n) is 2.94. The van der Waals surface area contributed by atoms with E-state index in [4.69, 9.17) is 15.2 Å². The molecule has 0 saturated carbocycles. The van der Waals surface area contributed by atoms with Crippen LogP contribution in [0.4, 0.5) is 4.39 Å². The molecule has 0 fully saturated rings. The minimum atomic E-state index is -0.518. The Bertz CT molecular complexity index is 681. The molecule has 2 rings (SSSR count). The highest BCUT2D eigenvalue weighted by Gasteiger charge is 2.05. The van der Waals surface area contributed by atoms with Crippen molar-refractivity contribution in [3.8, 4) is 11.5 Å². The second-order valence-corrected chi connectivity index (χ2v) is 4.56. The zero-order valence-electron chi connectivity index (χ0n) is 12.1. The maximum atomic E-state index is 12.8. The second kappa shape index (κ2) is 7.26. The van der Waals surface area contributed by atoms with Gasteiger partial charge in [-0.25, -0.2) is 4.39 Å². The van der Waals surface area contributed by atoms with Crippen molar-refractivity contribution in [1.82, 2.24) is 0 Å². The van der Waals surface area contributed by atoms with Gasteiger partial charge in [-0.05, 0) is 41.5 Å². The minimum absolute atomic E-state index is 0.285. The first-order valence-corrected chi connectivity index (χ1v) is 6.61. The van der Waals surface area contributed by atoms with Crippen LogP contribution in [0.15, 0.2) is 48.5 Å². The van der Waals surface area contributed by atoms with Crippen molar-refractivity contribution in [2.24, 2.45) is 5.73 Å². The third kappa shape index (κ3) is 4.34. The molecule has 0 radical (unpaired) electrons. The van der Waals surface area contributed by atoms with Crippen LogP contribution >= 0.6 is 0 Å². The van der Waals surface area contributed by atoms with Crippen LogP contribution in [0.5, 0.6) is 11.5 Å². The Balaban J connectivity index is 2.10. The van der Waals surface area contributed by atoms with Crippen LogP contribution in [0.2, 0.25) is 0 Å². The molecule has 0 spiro atoms. The molecule has 22 heavy (non-hydrogen) atoms. The summed E-state index contributed by atoms with van der Waals surface area (Å²) >= 11 is 0. The molecule has 0 heterocycles. The van der Waals surface area contributed by atoms with Gasteiger partial charge in [0.15, 0.2) is 11.5 Å². The van der Waals surface area contributed by atoms with E-state index in [-0.39, 0.29) is 5.82 Å². The fraction of sp³-hybridized carbons (Fsp3) is 0.118. The van der Waals surface area contributed by atoms with Crippen LogP contribution in [-0.2, 0) is 11.4 Å². The average molecular weight is 301 g/mol. The molecule has 2 aromatic carbocycles. The number of hydrogen-bond donors (Lipinski definition) is 1. The van der Waals surface area contributed by atoms with Gasteiger partial charge in [0.25, 0.3) is 0 Å². The van der Waals surface area contributed by atoms with Gasteiger partial charge in [-0.2, -0.15) is 0 Å². The van der Waals surface area contributed by atoms with Crippen LogP contribution in [0, 0.1) is 5.82 Å². The molecule has 1 amide bonds. The molecular formula is C17H16FNO3. The molecule has 0 aliphatic rings. The molecule has 0 aromatic heterocycles. The molecule has 2 aromatic rings. The summed E-state index contributed by atoms with van der Waals surface area (Å²) in [6.07, 6.45) is 2.86. The van der Waals surface area contributed by atoms with E-state index in [2.05, 4.69) is 0 Å². The number of nitrogens with two attached hydrogens (primary N) is 1. The summed E-state index contributed by atoms with van der Waals surface area (Å²) in [5, 5.41) is 0. The summed E-state index contributed by atoms with van der Waals surface area (Å²) < 4.78 is 23.8. The van der Waals surface area contributed by atoms with Gasteiger partial charge in [-0.15, -0.1) is 0 Å². The van der Waals surface area contributed by atoms with E-state index >= 15 is 0 Å². The summed E-state index contributed by atoms with van der Waals surface area (Å²) in [7, 11) is 1.53. The SMILES string of the molecule is COc1cc(/C=C/C(N)=O)ccc1OCc1ccc(F)cc1. The number of rotatable bonds is 6. The summed E-state index contributed by atoms with van der Waals surface area (Å²) in [5.74, 6) is 0.291. The summed E-state index contributed by atoms with van der Waals surface area (Å²) in [4.78, 5) is 10.7. The smallest absolute Gasteiger partial charge is 0.241 e. The van der Waals surface area contributed by atoms with Crippen LogP contribution in [0.1, 0.15) is 11.1 Å². The van der Waals surface area contributed by atoms with Gasteiger partial charge in [0.2, 0.25) is 5.91 Å². The molecule has 0 atom stereocenters. The van der Waals surface area contributed by atoms with Crippen molar-refractivity contribution in [3.05, 3.63) is 65.5 Å². The molecule has 0 aliphatic heterocycles. The number of carbonyl (C=O) groups is 1. The highest BCUT2D eigenvalue weighted by molar-refractivity contribution is 5.90. The van der Waals surface area contributed by atoms with Crippen LogP contribution < -0.4 is 15.2 Å². The fourth-order valence-electron chi connectivity index (χ4n) is 1.83. The number of amides is 1.